The molecule has 192 valence electrons. The van der Waals surface area contributed by atoms with Crippen molar-refractivity contribution in [2.45, 2.75) is 39.0 Å². The van der Waals surface area contributed by atoms with Crippen LogP contribution in [0, 0.1) is 5.92 Å². The molecule has 2 heterocycles. The number of methoxy groups -OCH3 is 1. The number of hydrogen-bond donors (Lipinski definition) is 2. The molecule has 0 spiro atoms. The van der Waals surface area contributed by atoms with Crippen molar-refractivity contribution in [1.82, 2.24) is 9.88 Å². The van der Waals surface area contributed by atoms with E-state index in [0.717, 1.165) is 55.9 Å². The number of anilines is 1. The van der Waals surface area contributed by atoms with Crippen LogP contribution in [0.4, 0.5) is 5.69 Å². The third-order valence-corrected chi connectivity index (χ3v) is 7.60. The minimum Gasteiger partial charge on any atom is -0.495 e. The molecule has 0 unspecified atom stereocenters. The molecule has 4 aromatic rings. The summed E-state index contributed by atoms with van der Waals surface area (Å²) in [6.45, 7) is 7.04. The second-order valence-corrected chi connectivity index (χ2v) is 10.4. The first-order valence-electron chi connectivity index (χ1n) is 13.4. The number of benzene rings is 3. The highest BCUT2D eigenvalue weighted by molar-refractivity contribution is 5.94. The smallest absolute Gasteiger partial charge is 0.226 e. The van der Waals surface area contributed by atoms with E-state index < -0.39 is 0 Å². The van der Waals surface area contributed by atoms with E-state index in [2.05, 4.69) is 75.9 Å². The first-order valence-corrected chi connectivity index (χ1v) is 13.4. The molecular weight excluding hydrogens is 458 g/mol. The second kappa shape index (κ2) is 11.2. The van der Waals surface area contributed by atoms with E-state index >= 15 is 0 Å². The molecule has 37 heavy (non-hydrogen) atoms. The number of aromatic amines is 1. The van der Waals surface area contributed by atoms with Crippen LogP contribution in [0.3, 0.4) is 0 Å². The maximum Gasteiger partial charge on any atom is 0.226 e. The number of likely N-dealkylation sites (tertiary alicyclic amines) is 1. The van der Waals surface area contributed by atoms with Gasteiger partial charge in [0.05, 0.1) is 12.6 Å². The van der Waals surface area contributed by atoms with E-state index in [9.17, 15) is 4.79 Å². The number of aromatic nitrogens is 1. The van der Waals surface area contributed by atoms with Crippen molar-refractivity contribution in [1.29, 1.82) is 0 Å². The summed E-state index contributed by atoms with van der Waals surface area (Å²) in [4.78, 5) is 18.4. The fourth-order valence-corrected chi connectivity index (χ4v) is 5.44. The summed E-state index contributed by atoms with van der Waals surface area (Å²) in [6.07, 6.45) is 3.25. The lowest BCUT2D eigenvalue weighted by atomic mass is 9.89. The fraction of sp³-hybridized carbons (Fsp3) is 0.344. The zero-order valence-corrected chi connectivity index (χ0v) is 22.1. The van der Waals surface area contributed by atoms with Crippen molar-refractivity contribution in [2.75, 3.05) is 32.1 Å². The Bertz CT molecular complexity index is 1350. The molecule has 1 saturated heterocycles. The van der Waals surface area contributed by atoms with Crippen molar-refractivity contribution >= 4 is 22.5 Å². The number of hydrogen-bond acceptors (Lipinski definition) is 3. The third-order valence-electron chi connectivity index (χ3n) is 7.60. The Hall–Kier alpha value is -3.57. The highest BCUT2D eigenvalue weighted by Crippen LogP contribution is 2.36. The summed E-state index contributed by atoms with van der Waals surface area (Å²) in [5.41, 5.74) is 7.06. The first kappa shape index (κ1) is 25.1. The topological polar surface area (TPSA) is 57.4 Å². The van der Waals surface area contributed by atoms with E-state index in [0.29, 0.717) is 5.92 Å². The van der Waals surface area contributed by atoms with E-state index in [-0.39, 0.29) is 11.8 Å². The molecule has 0 aliphatic carbocycles. The number of H-pyrrole nitrogens is 1. The maximum absolute atomic E-state index is 12.1. The largest absolute Gasteiger partial charge is 0.495 e. The molecule has 0 saturated carbocycles. The number of rotatable bonds is 8. The van der Waals surface area contributed by atoms with E-state index in [4.69, 9.17) is 4.74 Å². The van der Waals surface area contributed by atoms with Gasteiger partial charge in [-0.1, -0.05) is 68.4 Å². The van der Waals surface area contributed by atoms with Crippen LogP contribution < -0.4 is 10.1 Å². The number of nitrogens with zero attached hydrogens (tertiary/aromatic N) is 1. The Labute approximate surface area is 219 Å². The lowest BCUT2D eigenvalue weighted by molar-refractivity contribution is -0.118. The zero-order valence-electron chi connectivity index (χ0n) is 22.1. The molecule has 1 aliphatic rings. The normalized spacial score (nSPS) is 14.8. The van der Waals surface area contributed by atoms with Crippen LogP contribution in [0.15, 0.2) is 72.8 Å². The van der Waals surface area contributed by atoms with Crippen molar-refractivity contribution in [2.24, 2.45) is 5.92 Å². The summed E-state index contributed by atoms with van der Waals surface area (Å²) < 4.78 is 5.66. The van der Waals surface area contributed by atoms with Crippen molar-refractivity contribution in [3.05, 3.63) is 83.9 Å². The third kappa shape index (κ3) is 5.57. The predicted octanol–water partition coefficient (Wildman–Crippen LogP) is 6.86. The van der Waals surface area contributed by atoms with Crippen LogP contribution >= 0.6 is 0 Å². The molecule has 5 nitrogen and oxygen atoms in total. The van der Waals surface area contributed by atoms with Crippen LogP contribution in [0.5, 0.6) is 5.75 Å². The van der Waals surface area contributed by atoms with Gasteiger partial charge in [-0.25, -0.2) is 0 Å². The van der Waals surface area contributed by atoms with Gasteiger partial charge in [-0.2, -0.15) is 0 Å². The molecule has 0 bridgehead atoms. The quantitative estimate of drug-likeness (QED) is 0.281. The standard InChI is InChI=1S/C32H37N3O2/c1-22(2)32(36)33-26-12-7-11-25(21-26)23-15-18-35(19-16-23)20-17-28-27-13-8-14-29(37-3)31(27)34-30(28)24-9-5-4-6-10-24/h4-14,21-23,34H,15-20H2,1-3H3,(H,33,36). The van der Waals surface area contributed by atoms with Gasteiger partial charge in [-0.05, 0) is 73.2 Å². The molecular formula is C32H37N3O2. The van der Waals surface area contributed by atoms with E-state index in [1.54, 1.807) is 7.11 Å². The summed E-state index contributed by atoms with van der Waals surface area (Å²) >= 11 is 0. The second-order valence-electron chi connectivity index (χ2n) is 10.4. The van der Waals surface area contributed by atoms with Crippen LogP contribution in [0.2, 0.25) is 0 Å². The SMILES string of the molecule is COc1cccc2c(CCN3CCC(c4cccc(NC(=O)C(C)C)c4)CC3)c(-c3ccccc3)[nH]c12. The van der Waals surface area contributed by atoms with Gasteiger partial charge in [0.25, 0.3) is 0 Å². The molecule has 3 aromatic carbocycles. The lowest BCUT2D eigenvalue weighted by Crippen LogP contribution is -2.34. The minimum atomic E-state index is -0.0208. The van der Waals surface area contributed by atoms with Gasteiger partial charge in [0, 0.05) is 29.2 Å². The number of amides is 1. The summed E-state index contributed by atoms with van der Waals surface area (Å²) in [5, 5.41) is 4.29. The van der Waals surface area contributed by atoms with E-state index in [1.807, 2.05) is 26.0 Å². The Morgan fingerprint density at radius 1 is 1.03 bits per heavy atom. The van der Waals surface area contributed by atoms with Gasteiger partial charge in [0.15, 0.2) is 0 Å². The monoisotopic (exact) mass is 495 g/mol. The molecule has 0 atom stereocenters. The predicted molar refractivity (Wildman–Crippen MR) is 152 cm³/mol. The Morgan fingerprint density at radius 2 is 1.78 bits per heavy atom. The molecule has 5 heteroatoms. The van der Waals surface area contributed by atoms with Crippen molar-refractivity contribution in [3.8, 4) is 17.0 Å². The number of piperidine rings is 1. The summed E-state index contributed by atoms with van der Waals surface area (Å²) in [6, 6.07) is 25.3. The summed E-state index contributed by atoms with van der Waals surface area (Å²) in [7, 11) is 1.73. The molecule has 1 amide bonds. The van der Waals surface area contributed by atoms with E-state index in [1.165, 1.54) is 27.8 Å². The minimum absolute atomic E-state index is 0.0208. The maximum atomic E-state index is 12.1. The van der Waals surface area contributed by atoms with Gasteiger partial charge >= 0.3 is 0 Å². The number of carbonyl (C=O) groups excluding carboxylic acids is 1. The zero-order chi connectivity index (χ0) is 25.8. The molecule has 0 radical (unpaired) electrons. The van der Waals surface area contributed by atoms with Crippen molar-refractivity contribution < 1.29 is 9.53 Å². The Kier molecular flexibility index (Phi) is 7.61. The fourth-order valence-electron chi connectivity index (χ4n) is 5.44. The highest BCUT2D eigenvalue weighted by atomic mass is 16.5. The average Bonchev–Trinajstić information content (AvgIpc) is 3.31. The van der Waals surface area contributed by atoms with Gasteiger partial charge in [0.1, 0.15) is 5.75 Å². The first-order chi connectivity index (χ1) is 18.0. The average molecular weight is 496 g/mol. The number of carbonyl (C=O) groups is 1. The highest BCUT2D eigenvalue weighted by Gasteiger charge is 2.22. The Balaban J connectivity index is 1.27. The van der Waals surface area contributed by atoms with Crippen LogP contribution in [0.1, 0.15) is 43.7 Å². The molecule has 1 fully saturated rings. The van der Waals surface area contributed by atoms with Crippen molar-refractivity contribution in [3.63, 3.8) is 0 Å². The number of nitrogens with one attached hydrogen (secondary N) is 2. The Morgan fingerprint density at radius 3 is 2.51 bits per heavy atom. The van der Waals surface area contributed by atoms with Gasteiger partial charge in [-0.15, -0.1) is 0 Å². The number of ether oxygens (including phenoxy) is 1. The molecule has 1 aliphatic heterocycles. The number of fused-ring (bicyclic) bond motifs is 1. The van der Waals surface area contributed by atoms with Gasteiger partial charge in [0.2, 0.25) is 5.91 Å². The van der Waals surface area contributed by atoms with Crippen LogP contribution in [-0.2, 0) is 11.2 Å². The van der Waals surface area contributed by atoms with Crippen LogP contribution in [-0.4, -0.2) is 42.5 Å². The van der Waals surface area contributed by atoms with Gasteiger partial charge < -0.3 is 19.9 Å². The number of para-hydroxylation sites is 1. The van der Waals surface area contributed by atoms with Gasteiger partial charge in [-0.3, -0.25) is 4.79 Å². The molecule has 2 N–H and O–H groups in total. The molecule has 5 rings (SSSR count). The molecule has 1 aromatic heterocycles. The van der Waals surface area contributed by atoms with Crippen LogP contribution in [0.25, 0.3) is 22.2 Å². The summed E-state index contributed by atoms with van der Waals surface area (Å²) in [5.74, 6) is 1.46. The lowest BCUT2D eigenvalue weighted by Gasteiger charge is -2.32.